The molecule has 0 saturated heterocycles. The Kier molecular flexibility index (Phi) is 12.3. The van der Waals surface area contributed by atoms with Crippen LogP contribution in [0.5, 0.6) is 11.5 Å². The number of ketones is 1. The molecule has 0 aliphatic heterocycles. The van der Waals surface area contributed by atoms with Gasteiger partial charge >= 0.3 is 0 Å². The van der Waals surface area contributed by atoms with Crippen LogP contribution < -0.4 is 0 Å². The van der Waals surface area contributed by atoms with Crippen LogP contribution in [-0.2, 0) is 18.3 Å². The number of rotatable bonds is 18. The highest BCUT2D eigenvalue weighted by Crippen LogP contribution is 2.53. The van der Waals surface area contributed by atoms with Gasteiger partial charge in [-0.15, -0.1) is 0 Å². The zero-order valence-corrected chi connectivity index (χ0v) is 28.7. The van der Waals surface area contributed by atoms with Gasteiger partial charge in [0, 0.05) is 11.1 Å². The SMILES string of the molecule is CCCCCCCCCc1cc(O)ccc1C1(c2ccc(O)cc2CCCCCCCCC)c2ccccc2C(=O)c2ccccc21. The summed E-state index contributed by atoms with van der Waals surface area (Å²) < 4.78 is 0. The van der Waals surface area contributed by atoms with E-state index in [1.54, 1.807) is 0 Å². The largest absolute Gasteiger partial charge is 0.508 e. The van der Waals surface area contributed by atoms with Crippen LogP contribution in [0.15, 0.2) is 84.9 Å². The number of hydrogen-bond donors (Lipinski definition) is 2. The average molecular weight is 631 g/mol. The fourth-order valence-electron chi connectivity index (χ4n) is 7.88. The summed E-state index contributed by atoms with van der Waals surface area (Å²) in [5.41, 5.74) is 7.06. The van der Waals surface area contributed by atoms with Crippen molar-refractivity contribution in [1.82, 2.24) is 0 Å². The first-order valence-corrected chi connectivity index (χ1v) is 18.4. The number of hydrogen-bond acceptors (Lipinski definition) is 3. The van der Waals surface area contributed by atoms with Gasteiger partial charge in [0.25, 0.3) is 0 Å². The summed E-state index contributed by atoms with van der Waals surface area (Å²) in [6, 6.07) is 27.9. The molecule has 0 amide bonds. The van der Waals surface area contributed by atoms with Crippen molar-refractivity contribution in [3.8, 4) is 11.5 Å². The summed E-state index contributed by atoms with van der Waals surface area (Å²) in [5, 5.41) is 21.7. The molecule has 0 radical (unpaired) electrons. The minimum Gasteiger partial charge on any atom is -0.508 e. The van der Waals surface area contributed by atoms with E-state index in [0.29, 0.717) is 0 Å². The van der Waals surface area contributed by atoms with Crippen LogP contribution in [0.25, 0.3) is 0 Å². The smallest absolute Gasteiger partial charge is 0.193 e. The van der Waals surface area contributed by atoms with Crippen LogP contribution in [0.4, 0.5) is 0 Å². The molecule has 1 aliphatic rings. The second kappa shape index (κ2) is 16.8. The summed E-state index contributed by atoms with van der Waals surface area (Å²) in [7, 11) is 0. The van der Waals surface area contributed by atoms with E-state index in [2.05, 4.69) is 38.1 Å². The minimum absolute atomic E-state index is 0.0478. The summed E-state index contributed by atoms with van der Waals surface area (Å²) in [5.74, 6) is 0.584. The molecule has 4 aromatic carbocycles. The molecule has 5 rings (SSSR count). The maximum atomic E-state index is 14.1. The van der Waals surface area contributed by atoms with Crippen LogP contribution in [0, 0.1) is 0 Å². The number of carbonyl (C=O) groups excluding carboxylic acids is 1. The molecule has 0 aromatic heterocycles. The van der Waals surface area contributed by atoms with E-state index in [4.69, 9.17) is 0 Å². The van der Waals surface area contributed by atoms with Crippen molar-refractivity contribution in [2.45, 2.75) is 122 Å². The number of benzene rings is 4. The lowest BCUT2D eigenvalue weighted by Gasteiger charge is -2.43. The molecule has 0 spiro atoms. The molecular weight excluding hydrogens is 576 g/mol. The molecule has 0 atom stereocenters. The van der Waals surface area contributed by atoms with Crippen molar-refractivity contribution in [3.05, 3.63) is 129 Å². The van der Waals surface area contributed by atoms with Gasteiger partial charge in [-0.2, -0.15) is 0 Å². The van der Waals surface area contributed by atoms with Gasteiger partial charge in [0.2, 0.25) is 0 Å². The maximum absolute atomic E-state index is 14.1. The lowest BCUT2D eigenvalue weighted by atomic mass is 9.57. The van der Waals surface area contributed by atoms with Crippen molar-refractivity contribution in [2.24, 2.45) is 0 Å². The van der Waals surface area contributed by atoms with E-state index in [0.717, 1.165) is 83.0 Å². The highest BCUT2D eigenvalue weighted by atomic mass is 16.3. The van der Waals surface area contributed by atoms with Crippen LogP contribution in [0.3, 0.4) is 0 Å². The molecular formula is C44H54O3. The molecule has 47 heavy (non-hydrogen) atoms. The number of aryl methyl sites for hydroxylation is 2. The Bertz CT molecular complexity index is 1500. The van der Waals surface area contributed by atoms with Crippen LogP contribution >= 0.6 is 0 Å². The molecule has 4 aromatic rings. The molecule has 0 bridgehead atoms. The first-order chi connectivity index (χ1) is 23.0. The van der Waals surface area contributed by atoms with Crippen molar-refractivity contribution < 1.29 is 15.0 Å². The van der Waals surface area contributed by atoms with Gasteiger partial charge < -0.3 is 10.2 Å². The van der Waals surface area contributed by atoms with Gasteiger partial charge in [-0.3, -0.25) is 4.79 Å². The summed E-state index contributed by atoms with van der Waals surface area (Å²) in [6.07, 6.45) is 18.7. The molecule has 248 valence electrons. The van der Waals surface area contributed by atoms with Crippen molar-refractivity contribution >= 4 is 5.78 Å². The van der Waals surface area contributed by atoms with E-state index in [1.807, 2.05) is 60.7 Å². The third kappa shape index (κ3) is 7.67. The second-order valence-electron chi connectivity index (χ2n) is 13.6. The van der Waals surface area contributed by atoms with E-state index in [-0.39, 0.29) is 17.3 Å². The van der Waals surface area contributed by atoms with E-state index in [9.17, 15) is 15.0 Å². The lowest BCUT2D eigenvalue weighted by molar-refractivity contribution is 0.103. The predicted octanol–water partition coefficient (Wildman–Crippen LogP) is 11.6. The maximum Gasteiger partial charge on any atom is 0.193 e. The summed E-state index contributed by atoms with van der Waals surface area (Å²) >= 11 is 0. The summed E-state index contributed by atoms with van der Waals surface area (Å²) in [6.45, 7) is 4.51. The molecule has 1 aliphatic carbocycles. The van der Waals surface area contributed by atoms with Crippen molar-refractivity contribution in [1.29, 1.82) is 0 Å². The zero-order chi connectivity index (χ0) is 33.1. The second-order valence-corrected chi connectivity index (χ2v) is 13.6. The number of unbranched alkanes of at least 4 members (excludes halogenated alkanes) is 12. The van der Waals surface area contributed by atoms with Crippen LogP contribution in [0.1, 0.15) is 153 Å². The number of carbonyl (C=O) groups is 1. The Morgan fingerprint density at radius 3 is 1.28 bits per heavy atom. The molecule has 0 fully saturated rings. The molecule has 0 saturated carbocycles. The standard InChI is InChI=1S/C44H54O3/c1-3-5-7-9-11-13-15-21-33-31-35(45)27-29-39(33)44(40-30-28-36(46)32-34(40)22-16-14-12-10-8-6-4-2)41-25-19-17-23-37(41)43(47)38-24-18-20-26-42(38)44/h17-20,23-32,45-46H,3-16,21-22H2,1-2H3. The molecule has 0 unspecified atom stereocenters. The van der Waals surface area contributed by atoms with Crippen molar-refractivity contribution in [3.63, 3.8) is 0 Å². The Labute approximate surface area is 283 Å². The fourth-order valence-corrected chi connectivity index (χ4v) is 7.88. The third-order valence-electron chi connectivity index (χ3n) is 10.2. The van der Waals surface area contributed by atoms with Crippen LogP contribution in [-0.4, -0.2) is 16.0 Å². The number of phenols is 2. The van der Waals surface area contributed by atoms with E-state index in [1.165, 1.54) is 64.2 Å². The molecule has 0 heterocycles. The number of phenolic OH excluding ortho intramolecular Hbond substituents is 2. The van der Waals surface area contributed by atoms with E-state index >= 15 is 0 Å². The first-order valence-electron chi connectivity index (χ1n) is 18.4. The highest BCUT2D eigenvalue weighted by molar-refractivity contribution is 6.14. The Morgan fingerprint density at radius 2 is 0.851 bits per heavy atom. The van der Waals surface area contributed by atoms with Gasteiger partial charge in [-0.1, -0.05) is 152 Å². The highest BCUT2D eigenvalue weighted by Gasteiger charge is 2.48. The number of aromatic hydroxyl groups is 2. The Hall–Kier alpha value is -3.85. The van der Waals surface area contributed by atoms with Gasteiger partial charge in [-0.05, 0) is 83.3 Å². The topological polar surface area (TPSA) is 57.5 Å². The predicted molar refractivity (Wildman–Crippen MR) is 195 cm³/mol. The Morgan fingerprint density at radius 1 is 0.468 bits per heavy atom. The van der Waals surface area contributed by atoms with Gasteiger partial charge in [0.1, 0.15) is 11.5 Å². The van der Waals surface area contributed by atoms with Crippen molar-refractivity contribution in [2.75, 3.05) is 0 Å². The number of fused-ring (bicyclic) bond motifs is 2. The van der Waals surface area contributed by atoms with Gasteiger partial charge in [0.15, 0.2) is 5.78 Å². The fraction of sp³-hybridized carbons (Fsp3) is 0.432. The first kappa shape index (κ1) is 34.5. The Balaban J connectivity index is 1.65. The normalized spacial score (nSPS) is 13.4. The van der Waals surface area contributed by atoms with Gasteiger partial charge in [-0.25, -0.2) is 0 Å². The quantitative estimate of drug-likeness (QED) is 0.0947. The molecule has 3 nitrogen and oxygen atoms in total. The monoisotopic (exact) mass is 630 g/mol. The van der Waals surface area contributed by atoms with Gasteiger partial charge in [0.05, 0.1) is 5.41 Å². The average Bonchev–Trinajstić information content (AvgIpc) is 3.09. The van der Waals surface area contributed by atoms with E-state index < -0.39 is 5.41 Å². The zero-order valence-electron chi connectivity index (χ0n) is 28.7. The lowest BCUT2D eigenvalue weighted by Crippen LogP contribution is -2.39. The molecule has 3 heteroatoms. The third-order valence-corrected chi connectivity index (χ3v) is 10.2. The molecule has 2 N–H and O–H groups in total. The summed E-state index contributed by atoms with van der Waals surface area (Å²) in [4.78, 5) is 14.1. The van der Waals surface area contributed by atoms with Crippen LogP contribution in [0.2, 0.25) is 0 Å². The minimum atomic E-state index is -0.782.